The lowest BCUT2D eigenvalue weighted by atomic mass is 10.1. The fraction of sp³-hybridized carbons (Fsp3) is 0.500. The van der Waals surface area contributed by atoms with Gasteiger partial charge in [0, 0.05) is 13.1 Å². The Balaban J connectivity index is 2.86. The normalized spacial score (nSPS) is 13.0. The summed E-state index contributed by atoms with van der Waals surface area (Å²) in [6.07, 6.45) is 0.797. The van der Waals surface area contributed by atoms with Gasteiger partial charge in [-0.25, -0.2) is 8.42 Å². The van der Waals surface area contributed by atoms with E-state index in [9.17, 15) is 13.2 Å². The van der Waals surface area contributed by atoms with Gasteiger partial charge in [-0.3, -0.25) is 4.79 Å². The Hall–Kier alpha value is -1.44. The van der Waals surface area contributed by atoms with Gasteiger partial charge in [0.25, 0.3) is 0 Å². The highest BCUT2D eigenvalue weighted by Crippen LogP contribution is 2.15. The van der Waals surface area contributed by atoms with Crippen LogP contribution in [0, 0.1) is 6.92 Å². The summed E-state index contributed by atoms with van der Waals surface area (Å²) in [7, 11) is -3.73. The minimum absolute atomic E-state index is 0.132. The maximum Gasteiger partial charge on any atom is 0.241 e. The average molecular weight is 313 g/mol. The summed E-state index contributed by atoms with van der Waals surface area (Å²) in [4.78, 5) is 11.9. The van der Waals surface area contributed by atoms with Gasteiger partial charge in [0.05, 0.1) is 10.9 Å². The van der Waals surface area contributed by atoms with Crippen molar-refractivity contribution in [2.75, 3.05) is 6.54 Å². The van der Waals surface area contributed by atoms with Gasteiger partial charge in [-0.05, 0) is 43.5 Å². The summed E-state index contributed by atoms with van der Waals surface area (Å²) in [6, 6.07) is 3.91. The van der Waals surface area contributed by atoms with Crippen molar-refractivity contribution in [3.8, 4) is 0 Å². The van der Waals surface area contributed by atoms with Gasteiger partial charge in [-0.1, -0.05) is 13.0 Å². The third-order valence-electron chi connectivity index (χ3n) is 3.12. The second kappa shape index (κ2) is 7.53. The molecule has 1 unspecified atom stereocenters. The summed E-state index contributed by atoms with van der Waals surface area (Å²) in [5.74, 6) is -0.337. The van der Waals surface area contributed by atoms with Crippen LogP contribution in [0.2, 0.25) is 0 Å². The molecule has 1 aromatic carbocycles. The summed E-state index contributed by atoms with van der Waals surface area (Å²) in [5.41, 5.74) is 7.26. The number of hydrogen-bond donors (Lipinski definition) is 3. The number of rotatable bonds is 7. The first-order chi connectivity index (χ1) is 9.81. The lowest BCUT2D eigenvalue weighted by molar-refractivity contribution is -0.122. The highest BCUT2D eigenvalue weighted by molar-refractivity contribution is 7.89. The van der Waals surface area contributed by atoms with E-state index in [0.29, 0.717) is 13.1 Å². The first kappa shape index (κ1) is 17.6. The Bertz CT molecular complexity index is 599. The van der Waals surface area contributed by atoms with Crippen molar-refractivity contribution < 1.29 is 13.2 Å². The van der Waals surface area contributed by atoms with Crippen molar-refractivity contribution in [3.63, 3.8) is 0 Å². The van der Waals surface area contributed by atoms with E-state index < -0.39 is 16.1 Å². The predicted octanol–water partition coefficient (Wildman–Crippen LogP) is 0.647. The van der Waals surface area contributed by atoms with E-state index in [1.807, 2.05) is 6.92 Å². The number of carbonyl (C=O) groups excluding carboxylic acids is 1. The van der Waals surface area contributed by atoms with Crippen molar-refractivity contribution >= 4 is 15.9 Å². The number of amides is 1. The Labute approximate surface area is 126 Å². The highest BCUT2D eigenvalue weighted by Gasteiger charge is 2.22. The highest BCUT2D eigenvalue weighted by atomic mass is 32.2. The number of nitrogens with two attached hydrogens (primary N) is 1. The van der Waals surface area contributed by atoms with E-state index in [2.05, 4.69) is 10.0 Å². The van der Waals surface area contributed by atoms with Gasteiger partial charge in [0.2, 0.25) is 15.9 Å². The molecule has 0 spiro atoms. The molecule has 0 radical (unpaired) electrons. The van der Waals surface area contributed by atoms with Crippen LogP contribution in [0.4, 0.5) is 0 Å². The zero-order valence-corrected chi connectivity index (χ0v) is 13.5. The SMILES string of the molecule is CCCNC(=O)C(C)NS(=O)(=O)c1ccc(CN)c(C)c1. The molecule has 1 rings (SSSR count). The third kappa shape index (κ3) is 4.80. The maximum atomic E-state index is 12.3. The molecule has 0 saturated heterocycles. The van der Waals surface area contributed by atoms with E-state index in [1.54, 1.807) is 19.1 Å². The van der Waals surface area contributed by atoms with Crippen molar-refractivity contribution in [1.82, 2.24) is 10.0 Å². The van der Waals surface area contributed by atoms with Gasteiger partial charge in [-0.15, -0.1) is 0 Å². The number of aryl methyl sites for hydroxylation is 1. The van der Waals surface area contributed by atoms with E-state index in [4.69, 9.17) is 5.73 Å². The first-order valence-electron chi connectivity index (χ1n) is 6.91. The molecule has 21 heavy (non-hydrogen) atoms. The molecular weight excluding hydrogens is 290 g/mol. The molecule has 1 atom stereocenters. The smallest absolute Gasteiger partial charge is 0.241 e. The number of hydrogen-bond acceptors (Lipinski definition) is 4. The van der Waals surface area contributed by atoms with Gasteiger partial charge >= 0.3 is 0 Å². The molecule has 0 aromatic heterocycles. The molecule has 6 nitrogen and oxygen atoms in total. The summed E-state index contributed by atoms with van der Waals surface area (Å²) < 4.78 is 26.9. The van der Waals surface area contributed by atoms with Crippen LogP contribution in [0.1, 0.15) is 31.4 Å². The predicted molar refractivity (Wildman–Crippen MR) is 82.2 cm³/mol. The number of nitrogens with one attached hydrogen (secondary N) is 2. The molecule has 7 heteroatoms. The van der Waals surface area contributed by atoms with Crippen LogP contribution in [0.5, 0.6) is 0 Å². The van der Waals surface area contributed by atoms with Crippen LogP contribution < -0.4 is 15.8 Å². The second-order valence-corrected chi connectivity index (χ2v) is 6.64. The lowest BCUT2D eigenvalue weighted by Crippen LogP contribution is -2.44. The molecule has 1 amide bonds. The number of sulfonamides is 1. The fourth-order valence-corrected chi connectivity index (χ4v) is 3.11. The average Bonchev–Trinajstić information content (AvgIpc) is 2.44. The van der Waals surface area contributed by atoms with Crippen LogP contribution in [-0.2, 0) is 21.4 Å². The fourth-order valence-electron chi connectivity index (χ4n) is 1.82. The van der Waals surface area contributed by atoms with E-state index in [1.165, 1.54) is 13.0 Å². The van der Waals surface area contributed by atoms with Crippen molar-refractivity contribution in [1.29, 1.82) is 0 Å². The molecule has 0 fully saturated rings. The van der Waals surface area contributed by atoms with Gasteiger partial charge in [-0.2, -0.15) is 4.72 Å². The molecule has 4 N–H and O–H groups in total. The number of benzene rings is 1. The summed E-state index contributed by atoms with van der Waals surface area (Å²) >= 11 is 0. The minimum Gasteiger partial charge on any atom is -0.355 e. The zero-order chi connectivity index (χ0) is 16.0. The zero-order valence-electron chi connectivity index (χ0n) is 12.6. The van der Waals surface area contributed by atoms with Crippen LogP contribution >= 0.6 is 0 Å². The van der Waals surface area contributed by atoms with Crippen LogP contribution in [-0.4, -0.2) is 26.9 Å². The largest absolute Gasteiger partial charge is 0.355 e. The molecule has 0 aliphatic heterocycles. The lowest BCUT2D eigenvalue weighted by Gasteiger charge is -2.15. The van der Waals surface area contributed by atoms with Crippen LogP contribution in [0.3, 0.4) is 0 Å². The van der Waals surface area contributed by atoms with Crippen molar-refractivity contribution in [3.05, 3.63) is 29.3 Å². The van der Waals surface area contributed by atoms with Crippen LogP contribution in [0.15, 0.2) is 23.1 Å². The van der Waals surface area contributed by atoms with Crippen LogP contribution in [0.25, 0.3) is 0 Å². The van der Waals surface area contributed by atoms with Crippen molar-refractivity contribution in [2.45, 2.75) is 44.7 Å². The Morgan fingerprint density at radius 3 is 2.57 bits per heavy atom. The van der Waals surface area contributed by atoms with Gasteiger partial charge < -0.3 is 11.1 Å². The van der Waals surface area contributed by atoms with E-state index in [-0.39, 0.29) is 10.8 Å². The molecule has 0 aliphatic rings. The molecule has 0 saturated carbocycles. The molecule has 0 bridgehead atoms. The number of carbonyl (C=O) groups is 1. The first-order valence-corrected chi connectivity index (χ1v) is 8.39. The standard InChI is InChI=1S/C14H23N3O3S/c1-4-7-16-14(18)11(3)17-21(19,20)13-6-5-12(9-15)10(2)8-13/h5-6,8,11,17H,4,7,9,15H2,1-3H3,(H,16,18). The summed E-state index contributed by atoms with van der Waals surface area (Å²) in [5, 5.41) is 2.65. The van der Waals surface area contributed by atoms with Crippen molar-refractivity contribution in [2.24, 2.45) is 5.73 Å². The molecule has 118 valence electrons. The molecule has 0 heterocycles. The molecule has 0 aliphatic carbocycles. The topological polar surface area (TPSA) is 101 Å². The van der Waals surface area contributed by atoms with E-state index >= 15 is 0 Å². The van der Waals surface area contributed by atoms with Gasteiger partial charge in [0.1, 0.15) is 0 Å². The Morgan fingerprint density at radius 2 is 2.05 bits per heavy atom. The Kier molecular flexibility index (Phi) is 6.32. The summed E-state index contributed by atoms with van der Waals surface area (Å²) in [6.45, 7) is 6.13. The Morgan fingerprint density at radius 1 is 1.38 bits per heavy atom. The molecule has 1 aromatic rings. The maximum absolute atomic E-state index is 12.3. The third-order valence-corrected chi connectivity index (χ3v) is 4.66. The van der Waals surface area contributed by atoms with Gasteiger partial charge in [0.15, 0.2) is 0 Å². The monoisotopic (exact) mass is 313 g/mol. The quantitative estimate of drug-likeness (QED) is 0.688. The minimum atomic E-state index is -3.73. The second-order valence-electron chi connectivity index (χ2n) is 4.93. The molecular formula is C14H23N3O3S. The van der Waals surface area contributed by atoms with E-state index in [0.717, 1.165) is 17.5 Å².